The number of hydrogen-bond donors (Lipinski definition) is 2. The maximum atomic E-state index is 4.75. The number of hydrogen-bond acceptors (Lipinski definition) is 4. The second-order valence-corrected chi connectivity index (χ2v) is 8.63. The Morgan fingerprint density at radius 3 is 2.33 bits per heavy atom. The van der Waals surface area contributed by atoms with E-state index in [-0.39, 0.29) is 24.0 Å². The molecule has 176 valence electrons. The Morgan fingerprint density at radius 1 is 0.970 bits per heavy atom. The van der Waals surface area contributed by atoms with E-state index in [4.69, 9.17) is 4.98 Å². The molecule has 0 amide bonds. The van der Waals surface area contributed by atoms with Crippen LogP contribution in [0.1, 0.15) is 29.5 Å². The van der Waals surface area contributed by atoms with Crippen LogP contribution < -0.4 is 15.5 Å². The highest BCUT2D eigenvalue weighted by molar-refractivity contribution is 14.0. The van der Waals surface area contributed by atoms with Crippen LogP contribution in [0.3, 0.4) is 0 Å². The Hall–Kier alpha value is -2.39. The van der Waals surface area contributed by atoms with Crippen LogP contribution in [0.5, 0.6) is 0 Å². The summed E-state index contributed by atoms with van der Waals surface area (Å²) in [6.45, 7) is 4.94. The summed E-state index contributed by atoms with van der Waals surface area (Å²) in [7, 11) is 5.85. The van der Waals surface area contributed by atoms with Gasteiger partial charge in [0.25, 0.3) is 0 Å². The third kappa shape index (κ3) is 6.80. The quantitative estimate of drug-likeness (QED) is 0.256. The summed E-state index contributed by atoms with van der Waals surface area (Å²) >= 11 is 0. The maximum Gasteiger partial charge on any atom is 0.191 e. The number of para-hydroxylation sites is 1. The highest BCUT2D eigenvalue weighted by Crippen LogP contribution is 2.22. The SMILES string of the molecule is CN=C(NCc1ccc(CN2CCCC2)cc1)NCc1cc(N(C)C)nc2ccccc12.I. The minimum absolute atomic E-state index is 0. The predicted molar refractivity (Wildman–Crippen MR) is 149 cm³/mol. The monoisotopic (exact) mass is 558 g/mol. The first-order valence-corrected chi connectivity index (χ1v) is 11.4. The molecule has 1 aliphatic heterocycles. The lowest BCUT2D eigenvalue weighted by Gasteiger charge is -2.17. The lowest BCUT2D eigenvalue weighted by molar-refractivity contribution is 0.331. The molecule has 3 aromatic rings. The van der Waals surface area contributed by atoms with Gasteiger partial charge in [0.2, 0.25) is 0 Å². The zero-order chi connectivity index (χ0) is 22.3. The second-order valence-electron chi connectivity index (χ2n) is 8.63. The van der Waals surface area contributed by atoms with E-state index in [1.165, 1.54) is 42.6 Å². The van der Waals surface area contributed by atoms with Crippen molar-refractivity contribution in [2.45, 2.75) is 32.5 Å². The number of aliphatic imine (C=N–C) groups is 1. The molecule has 1 fully saturated rings. The van der Waals surface area contributed by atoms with E-state index in [9.17, 15) is 0 Å². The lowest BCUT2D eigenvalue weighted by Crippen LogP contribution is -2.36. The Kier molecular flexibility index (Phi) is 9.31. The molecule has 33 heavy (non-hydrogen) atoms. The molecular weight excluding hydrogens is 523 g/mol. The largest absolute Gasteiger partial charge is 0.363 e. The fourth-order valence-corrected chi connectivity index (χ4v) is 4.15. The number of nitrogens with zero attached hydrogens (tertiary/aromatic N) is 4. The maximum absolute atomic E-state index is 4.75. The summed E-state index contributed by atoms with van der Waals surface area (Å²) in [6.07, 6.45) is 2.67. The van der Waals surface area contributed by atoms with Crippen LogP contribution in [0, 0.1) is 0 Å². The van der Waals surface area contributed by atoms with Crippen molar-refractivity contribution in [3.63, 3.8) is 0 Å². The van der Waals surface area contributed by atoms with Crippen molar-refractivity contribution >= 4 is 46.7 Å². The Bertz CT molecular complexity index is 1060. The summed E-state index contributed by atoms with van der Waals surface area (Å²) in [6, 6.07) is 19.3. The first kappa shape index (κ1) is 25.2. The van der Waals surface area contributed by atoms with Crippen LogP contribution in [-0.4, -0.2) is 50.1 Å². The van der Waals surface area contributed by atoms with Gasteiger partial charge in [0.1, 0.15) is 5.82 Å². The fraction of sp³-hybridized carbons (Fsp3) is 0.385. The number of nitrogens with one attached hydrogen (secondary N) is 2. The summed E-state index contributed by atoms with van der Waals surface area (Å²) < 4.78 is 0. The molecular formula is C26H35IN6. The van der Waals surface area contributed by atoms with Crippen LogP contribution in [-0.2, 0) is 19.6 Å². The number of rotatable bonds is 7. The predicted octanol–water partition coefficient (Wildman–Crippen LogP) is 4.38. The van der Waals surface area contributed by atoms with Crippen molar-refractivity contribution < 1.29 is 0 Å². The van der Waals surface area contributed by atoms with Crippen molar-refractivity contribution in [3.05, 3.63) is 71.3 Å². The molecule has 0 radical (unpaired) electrons. The first-order valence-electron chi connectivity index (χ1n) is 11.4. The number of pyridine rings is 1. The van der Waals surface area contributed by atoms with Gasteiger partial charge < -0.3 is 15.5 Å². The zero-order valence-corrected chi connectivity index (χ0v) is 22.2. The molecule has 0 unspecified atom stereocenters. The van der Waals surface area contributed by atoms with Gasteiger partial charge in [0.15, 0.2) is 5.96 Å². The fourth-order valence-electron chi connectivity index (χ4n) is 4.15. The van der Waals surface area contributed by atoms with Gasteiger partial charge >= 0.3 is 0 Å². The van der Waals surface area contributed by atoms with Gasteiger partial charge in [-0.1, -0.05) is 42.5 Å². The van der Waals surface area contributed by atoms with Crippen molar-refractivity contribution in [2.75, 3.05) is 39.1 Å². The number of aromatic nitrogens is 1. The number of benzene rings is 2. The molecule has 7 heteroatoms. The summed E-state index contributed by atoms with van der Waals surface area (Å²) in [5.41, 5.74) is 4.85. The molecule has 0 saturated carbocycles. The molecule has 6 nitrogen and oxygen atoms in total. The number of anilines is 1. The van der Waals surface area contributed by atoms with E-state index in [1.54, 1.807) is 0 Å². The molecule has 1 aliphatic rings. The topological polar surface area (TPSA) is 55.8 Å². The van der Waals surface area contributed by atoms with E-state index in [2.05, 4.69) is 69.1 Å². The lowest BCUT2D eigenvalue weighted by atomic mass is 10.1. The summed E-state index contributed by atoms with van der Waals surface area (Å²) in [5.74, 6) is 1.75. The summed E-state index contributed by atoms with van der Waals surface area (Å²) in [5, 5.41) is 8.06. The summed E-state index contributed by atoms with van der Waals surface area (Å²) in [4.78, 5) is 13.7. The van der Waals surface area contributed by atoms with E-state index < -0.39 is 0 Å². The normalized spacial score (nSPS) is 14.2. The van der Waals surface area contributed by atoms with Crippen LogP contribution in [0.25, 0.3) is 10.9 Å². The smallest absolute Gasteiger partial charge is 0.191 e. The van der Waals surface area contributed by atoms with E-state index in [0.29, 0.717) is 6.54 Å². The molecule has 2 aromatic carbocycles. The Balaban J connectivity index is 0.00000306. The standard InChI is InChI=1S/C26H34N6.HI/c1-27-26(28-17-20-10-12-21(13-11-20)19-32-14-6-7-15-32)29-18-22-16-25(31(2)3)30-24-9-5-4-8-23(22)24;/h4-5,8-13,16H,6-7,14-15,17-19H2,1-3H3,(H2,27,28,29);1H. The van der Waals surface area contributed by atoms with E-state index >= 15 is 0 Å². The van der Waals surface area contributed by atoms with Crippen molar-refractivity contribution in [1.29, 1.82) is 0 Å². The Morgan fingerprint density at radius 2 is 1.64 bits per heavy atom. The molecule has 2 heterocycles. The molecule has 0 bridgehead atoms. The molecule has 1 aromatic heterocycles. The van der Waals surface area contributed by atoms with Crippen molar-refractivity contribution in [3.8, 4) is 0 Å². The average Bonchev–Trinajstić information content (AvgIpc) is 3.33. The van der Waals surface area contributed by atoms with Gasteiger partial charge in [0.05, 0.1) is 5.52 Å². The third-order valence-electron chi connectivity index (χ3n) is 6.00. The van der Waals surface area contributed by atoms with Gasteiger partial charge in [-0.25, -0.2) is 4.98 Å². The van der Waals surface area contributed by atoms with Crippen LogP contribution >= 0.6 is 24.0 Å². The molecule has 1 saturated heterocycles. The number of guanidine groups is 1. The van der Waals surface area contributed by atoms with Gasteiger partial charge in [0, 0.05) is 46.2 Å². The van der Waals surface area contributed by atoms with Crippen LogP contribution in [0.2, 0.25) is 0 Å². The number of halogens is 1. The molecule has 0 aliphatic carbocycles. The zero-order valence-electron chi connectivity index (χ0n) is 19.8. The van der Waals surface area contributed by atoms with Crippen LogP contribution in [0.15, 0.2) is 59.6 Å². The van der Waals surface area contributed by atoms with Gasteiger partial charge in [-0.05, 0) is 54.8 Å². The Labute approximate surface area is 214 Å². The molecule has 0 spiro atoms. The first-order chi connectivity index (χ1) is 15.6. The van der Waals surface area contributed by atoms with Crippen LogP contribution in [0.4, 0.5) is 5.82 Å². The minimum atomic E-state index is 0. The highest BCUT2D eigenvalue weighted by Gasteiger charge is 2.11. The number of likely N-dealkylation sites (tertiary alicyclic amines) is 1. The minimum Gasteiger partial charge on any atom is -0.363 e. The second kappa shape index (κ2) is 12.2. The average molecular weight is 559 g/mol. The molecule has 4 rings (SSSR count). The van der Waals surface area contributed by atoms with Crippen molar-refractivity contribution in [1.82, 2.24) is 20.5 Å². The molecule has 2 N–H and O–H groups in total. The van der Waals surface area contributed by atoms with E-state index in [0.717, 1.165) is 35.8 Å². The van der Waals surface area contributed by atoms with Gasteiger partial charge in [-0.15, -0.1) is 24.0 Å². The molecule has 0 atom stereocenters. The third-order valence-corrected chi connectivity index (χ3v) is 6.00. The van der Waals surface area contributed by atoms with Gasteiger partial charge in [-0.3, -0.25) is 9.89 Å². The van der Waals surface area contributed by atoms with E-state index in [1.807, 2.05) is 32.1 Å². The number of fused-ring (bicyclic) bond motifs is 1. The highest BCUT2D eigenvalue weighted by atomic mass is 127. The van der Waals surface area contributed by atoms with Gasteiger partial charge in [-0.2, -0.15) is 0 Å². The van der Waals surface area contributed by atoms with Crippen molar-refractivity contribution in [2.24, 2.45) is 4.99 Å².